The van der Waals surface area contributed by atoms with Crippen LogP contribution in [0.1, 0.15) is 47.6 Å². The first-order chi connectivity index (χ1) is 20.0. The van der Waals surface area contributed by atoms with E-state index in [4.69, 9.17) is 4.98 Å². The molecule has 0 spiro atoms. The van der Waals surface area contributed by atoms with Gasteiger partial charge in [0.2, 0.25) is 0 Å². The van der Waals surface area contributed by atoms with Crippen LogP contribution >= 0.6 is 0 Å². The molecule has 1 aliphatic heterocycles. The first-order valence-corrected chi connectivity index (χ1v) is 15.0. The van der Waals surface area contributed by atoms with Crippen LogP contribution in [0, 0.1) is 27.7 Å². The number of aryl methyl sites for hydroxylation is 5. The number of hydrogen-bond donors (Lipinski definition) is 0. The van der Waals surface area contributed by atoms with Gasteiger partial charge in [0.15, 0.2) is 0 Å². The molecule has 0 aliphatic carbocycles. The van der Waals surface area contributed by atoms with Crippen LogP contribution in [0.3, 0.4) is 0 Å². The van der Waals surface area contributed by atoms with Gasteiger partial charge in [0.1, 0.15) is 0 Å². The van der Waals surface area contributed by atoms with Gasteiger partial charge in [-0.2, -0.15) is 0 Å². The first kappa shape index (κ1) is 24.5. The van der Waals surface area contributed by atoms with Crippen molar-refractivity contribution >= 4 is 61.5 Å². The van der Waals surface area contributed by atoms with E-state index in [2.05, 4.69) is 123 Å². The highest BCUT2D eigenvalue weighted by Crippen LogP contribution is 2.38. The monoisotopic (exact) mass is 531 g/mol. The minimum Gasteiger partial charge on any atom is -0.375 e. The van der Waals surface area contributed by atoms with Gasteiger partial charge in [-0.1, -0.05) is 73.0 Å². The summed E-state index contributed by atoms with van der Waals surface area (Å²) in [5.41, 5.74) is 16.8. The van der Waals surface area contributed by atoms with E-state index < -0.39 is 0 Å². The lowest BCUT2D eigenvalue weighted by Crippen LogP contribution is -2.53. The van der Waals surface area contributed by atoms with Crippen molar-refractivity contribution in [2.45, 2.75) is 53.9 Å². The fourth-order valence-corrected chi connectivity index (χ4v) is 7.69. The number of hydrogen-bond acceptors (Lipinski definition) is 1. The Bertz CT molecular complexity index is 2130. The van der Waals surface area contributed by atoms with Gasteiger partial charge in [0.05, 0.1) is 16.6 Å². The molecule has 7 aromatic rings. The minimum atomic E-state index is 0.0501. The summed E-state index contributed by atoms with van der Waals surface area (Å²) in [5, 5.41) is 3.93. The molecular formula is C37H34BN3. The van der Waals surface area contributed by atoms with Crippen molar-refractivity contribution in [1.82, 2.24) is 14.0 Å². The molecule has 0 saturated carbocycles. The van der Waals surface area contributed by atoms with Crippen molar-refractivity contribution in [2.75, 3.05) is 0 Å². The van der Waals surface area contributed by atoms with Crippen molar-refractivity contribution in [2.24, 2.45) is 0 Å². The highest BCUT2D eigenvalue weighted by atomic mass is 15.0. The highest BCUT2D eigenvalue weighted by molar-refractivity contribution is 6.88. The van der Waals surface area contributed by atoms with Gasteiger partial charge in [-0.15, -0.1) is 0 Å². The Balaban J connectivity index is 1.54. The van der Waals surface area contributed by atoms with Crippen molar-refractivity contribution in [1.29, 1.82) is 0 Å². The Morgan fingerprint density at radius 3 is 2.10 bits per heavy atom. The maximum absolute atomic E-state index is 5.08. The van der Waals surface area contributed by atoms with Crippen molar-refractivity contribution in [3.05, 3.63) is 107 Å². The van der Waals surface area contributed by atoms with Crippen LogP contribution in [0.2, 0.25) is 0 Å². The average Bonchev–Trinajstić information content (AvgIpc) is 3.46. The molecule has 0 fully saturated rings. The number of fused-ring (bicyclic) bond motifs is 8. The van der Waals surface area contributed by atoms with Crippen LogP contribution in [-0.2, 0) is 6.42 Å². The highest BCUT2D eigenvalue weighted by Gasteiger charge is 2.36. The van der Waals surface area contributed by atoms with E-state index in [0.717, 1.165) is 11.9 Å². The second-order valence-electron chi connectivity index (χ2n) is 12.2. The summed E-state index contributed by atoms with van der Waals surface area (Å²) in [6, 6.07) is 27.7. The van der Waals surface area contributed by atoms with Gasteiger partial charge >= 0.3 is 6.85 Å². The zero-order chi connectivity index (χ0) is 28.0. The summed E-state index contributed by atoms with van der Waals surface area (Å²) in [4.78, 5) is 5.08. The molecule has 8 rings (SSSR count). The first-order valence-electron chi connectivity index (χ1n) is 15.0. The maximum atomic E-state index is 5.08. The van der Waals surface area contributed by atoms with Crippen molar-refractivity contribution < 1.29 is 0 Å². The molecule has 4 heteroatoms. The van der Waals surface area contributed by atoms with Gasteiger partial charge in [-0.05, 0) is 92.4 Å². The van der Waals surface area contributed by atoms with Crippen LogP contribution in [0.5, 0.6) is 0 Å². The summed E-state index contributed by atoms with van der Waals surface area (Å²) < 4.78 is 5.15. The Labute approximate surface area is 241 Å². The largest absolute Gasteiger partial charge is 0.375 e. The van der Waals surface area contributed by atoms with E-state index in [1.54, 1.807) is 0 Å². The molecule has 0 N–H and O–H groups in total. The lowest BCUT2D eigenvalue weighted by atomic mass is 9.48. The van der Waals surface area contributed by atoms with E-state index in [1.165, 1.54) is 95.5 Å². The summed E-state index contributed by atoms with van der Waals surface area (Å²) in [6.45, 7) is 11.3. The second-order valence-corrected chi connectivity index (χ2v) is 12.2. The lowest BCUT2D eigenvalue weighted by molar-refractivity contribution is 0.793. The fraction of sp³-hybridized carbons (Fsp3) is 0.216. The van der Waals surface area contributed by atoms with Crippen LogP contribution in [0.4, 0.5) is 0 Å². The second kappa shape index (κ2) is 8.85. The molecule has 4 aromatic carbocycles. The Morgan fingerprint density at radius 2 is 1.39 bits per heavy atom. The van der Waals surface area contributed by atoms with Crippen LogP contribution in [0.25, 0.3) is 49.4 Å². The zero-order valence-electron chi connectivity index (χ0n) is 24.5. The normalized spacial score (nSPS) is 12.8. The van der Waals surface area contributed by atoms with E-state index in [0.29, 0.717) is 0 Å². The molecule has 0 radical (unpaired) electrons. The van der Waals surface area contributed by atoms with E-state index in [9.17, 15) is 0 Å². The predicted octanol–water partition coefficient (Wildman–Crippen LogP) is 7.83. The summed E-state index contributed by atoms with van der Waals surface area (Å²) >= 11 is 0. The Hall–Kier alpha value is -4.31. The molecule has 1 aliphatic rings. The van der Waals surface area contributed by atoms with Gasteiger partial charge in [0, 0.05) is 39.1 Å². The molecule has 0 bridgehead atoms. The third-order valence-electron chi connectivity index (χ3n) is 9.22. The molecule has 200 valence electrons. The number of nitrogens with zero attached hydrogens (tertiary/aromatic N) is 3. The maximum Gasteiger partial charge on any atom is 0.332 e. The number of unbranched alkanes of at least 4 members (excludes halogenated alkanes) is 1. The predicted molar refractivity (Wildman–Crippen MR) is 176 cm³/mol. The summed E-state index contributed by atoms with van der Waals surface area (Å²) in [7, 11) is 0. The topological polar surface area (TPSA) is 22.8 Å². The van der Waals surface area contributed by atoms with Gasteiger partial charge in [0.25, 0.3) is 0 Å². The third kappa shape index (κ3) is 3.37. The molecule has 41 heavy (non-hydrogen) atoms. The molecule has 0 unspecified atom stereocenters. The third-order valence-corrected chi connectivity index (χ3v) is 9.22. The molecule has 4 heterocycles. The number of rotatable bonds is 4. The zero-order valence-corrected chi connectivity index (χ0v) is 24.5. The molecular weight excluding hydrogens is 497 g/mol. The summed E-state index contributed by atoms with van der Waals surface area (Å²) in [6.07, 6.45) is 5.53. The van der Waals surface area contributed by atoms with Crippen LogP contribution in [-0.4, -0.2) is 20.9 Å². The summed E-state index contributed by atoms with van der Waals surface area (Å²) in [5.74, 6) is 0. The number of para-hydroxylation sites is 2. The van der Waals surface area contributed by atoms with Gasteiger partial charge in [-0.3, -0.25) is 4.98 Å². The number of pyridine rings is 1. The van der Waals surface area contributed by atoms with E-state index in [-0.39, 0.29) is 6.85 Å². The SMILES string of the molecule is CCCCc1cnc2c3cccc4c3n(c2c1)-c1ccccc1B4n1c2c(C)cc(C)cc2c2cc(C)cc(C)c21. The lowest BCUT2D eigenvalue weighted by Gasteiger charge is -2.29. The number of benzene rings is 4. The van der Waals surface area contributed by atoms with Gasteiger partial charge < -0.3 is 9.05 Å². The van der Waals surface area contributed by atoms with Gasteiger partial charge in [-0.25, -0.2) is 0 Å². The molecule has 3 aromatic heterocycles. The smallest absolute Gasteiger partial charge is 0.332 e. The molecule has 0 atom stereocenters. The Kier molecular flexibility index (Phi) is 5.28. The van der Waals surface area contributed by atoms with Crippen LogP contribution < -0.4 is 10.9 Å². The molecule has 0 amide bonds. The average molecular weight is 532 g/mol. The molecule has 0 saturated heterocycles. The standard InChI is InChI=1S/C37H34BN3/c1-6-7-11-26-20-33-34(39-21-26)27-12-10-14-31-37(27)40(33)32-15-9-8-13-30(32)38(31)41-35-24(4)16-22(2)18-28(35)29-19-23(3)17-25(5)36(29)41/h8-10,12-21H,6-7,11H2,1-5H3. The molecule has 3 nitrogen and oxygen atoms in total. The Morgan fingerprint density at radius 1 is 0.707 bits per heavy atom. The number of aromatic nitrogens is 3. The minimum absolute atomic E-state index is 0.0501. The van der Waals surface area contributed by atoms with E-state index >= 15 is 0 Å². The van der Waals surface area contributed by atoms with Crippen molar-refractivity contribution in [3.8, 4) is 5.69 Å². The quantitative estimate of drug-likeness (QED) is 0.212. The van der Waals surface area contributed by atoms with Crippen LogP contribution in [0.15, 0.2) is 79.0 Å². The van der Waals surface area contributed by atoms with E-state index in [1.807, 2.05) is 0 Å². The fourth-order valence-electron chi connectivity index (χ4n) is 7.69. The van der Waals surface area contributed by atoms with Crippen molar-refractivity contribution in [3.63, 3.8) is 0 Å².